The van der Waals surface area contributed by atoms with Gasteiger partial charge in [-0.2, -0.15) is 4.98 Å². The number of anilines is 2. The van der Waals surface area contributed by atoms with Gasteiger partial charge in [0.05, 0.1) is 6.61 Å². The molecule has 24 heavy (non-hydrogen) atoms. The molecule has 1 heterocycles. The molecule has 1 aromatic rings. The van der Waals surface area contributed by atoms with Crippen LogP contribution in [-0.4, -0.2) is 38.5 Å². The summed E-state index contributed by atoms with van der Waals surface area (Å²) in [6.07, 6.45) is -0.187. The van der Waals surface area contributed by atoms with Gasteiger partial charge in [0.2, 0.25) is 5.95 Å². The molecule has 0 saturated carbocycles. The van der Waals surface area contributed by atoms with Crippen LogP contribution in [0.25, 0.3) is 0 Å². The Balaban J connectivity index is 2.88. The van der Waals surface area contributed by atoms with Gasteiger partial charge in [-0.15, -0.1) is 0 Å². The number of aliphatic hydroxyl groups is 1. The minimum Gasteiger partial charge on any atom is -0.444 e. The van der Waals surface area contributed by atoms with Crippen LogP contribution in [-0.2, 0) is 16.1 Å². The summed E-state index contributed by atoms with van der Waals surface area (Å²) in [4.78, 5) is 31.4. The second kappa shape index (κ2) is 7.43. The molecule has 3 N–H and O–H groups in total. The molecule has 2 amide bonds. The number of aromatic nitrogens is 2. The summed E-state index contributed by atoms with van der Waals surface area (Å²) in [7, 11) is 0. The lowest BCUT2D eigenvalue weighted by Gasteiger charge is -2.20. The molecule has 9 nitrogen and oxygen atoms in total. The van der Waals surface area contributed by atoms with E-state index in [1.807, 2.05) is 0 Å². The zero-order chi connectivity index (χ0) is 18.5. The summed E-state index contributed by atoms with van der Waals surface area (Å²) in [5.74, 6) is -0.0414. The van der Waals surface area contributed by atoms with Crippen molar-refractivity contribution in [3.63, 3.8) is 0 Å². The van der Waals surface area contributed by atoms with Crippen LogP contribution in [0.2, 0.25) is 0 Å². The maximum absolute atomic E-state index is 11.8. The van der Waals surface area contributed by atoms with Gasteiger partial charge in [-0.1, -0.05) is 0 Å². The highest BCUT2D eigenvalue weighted by Crippen LogP contribution is 2.17. The number of nitrogens with one attached hydrogen (secondary N) is 2. The molecule has 0 aromatic carbocycles. The first-order chi connectivity index (χ1) is 10.9. The molecule has 0 aliphatic rings. The molecule has 134 valence electrons. The topological polar surface area (TPSA) is 123 Å². The summed E-state index contributed by atoms with van der Waals surface area (Å²) < 4.78 is 10.2. The highest BCUT2D eigenvalue weighted by Gasteiger charge is 2.20. The number of aliphatic hydroxyl groups excluding tert-OH is 1. The van der Waals surface area contributed by atoms with Gasteiger partial charge in [0.15, 0.2) is 0 Å². The van der Waals surface area contributed by atoms with E-state index >= 15 is 0 Å². The Bertz CT molecular complexity index is 605. The molecule has 0 saturated heterocycles. The molecule has 0 radical (unpaired) electrons. The number of rotatable bonds is 3. The van der Waals surface area contributed by atoms with Gasteiger partial charge in [-0.05, 0) is 41.5 Å². The summed E-state index contributed by atoms with van der Waals surface area (Å²) in [5, 5.41) is 14.1. The molecule has 9 heteroatoms. The number of ether oxygens (including phenoxy) is 2. The van der Waals surface area contributed by atoms with E-state index in [1.165, 1.54) is 6.20 Å². The summed E-state index contributed by atoms with van der Waals surface area (Å²) in [6.45, 7) is 9.92. The molecular weight excluding hydrogens is 316 g/mol. The van der Waals surface area contributed by atoms with Crippen molar-refractivity contribution in [3.05, 3.63) is 11.8 Å². The van der Waals surface area contributed by atoms with Crippen molar-refractivity contribution >= 4 is 24.0 Å². The lowest BCUT2D eigenvalue weighted by Crippen LogP contribution is -2.29. The zero-order valence-corrected chi connectivity index (χ0v) is 14.8. The lowest BCUT2D eigenvalue weighted by molar-refractivity contribution is 0.0625. The highest BCUT2D eigenvalue weighted by atomic mass is 16.6. The van der Waals surface area contributed by atoms with Crippen LogP contribution in [0.5, 0.6) is 0 Å². The van der Waals surface area contributed by atoms with Gasteiger partial charge < -0.3 is 14.6 Å². The average Bonchev–Trinajstić information content (AvgIpc) is 2.34. The fraction of sp³-hybridized carbons (Fsp3) is 0.600. The van der Waals surface area contributed by atoms with Crippen molar-refractivity contribution in [2.75, 3.05) is 10.6 Å². The normalized spacial score (nSPS) is 11.6. The molecule has 0 bridgehead atoms. The van der Waals surface area contributed by atoms with Crippen LogP contribution in [0.15, 0.2) is 6.20 Å². The molecular formula is C15H24N4O5. The quantitative estimate of drug-likeness (QED) is 0.773. The first-order valence-electron chi connectivity index (χ1n) is 7.36. The van der Waals surface area contributed by atoms with E-state index in [0.29, 0.717) is 0 Å². The number of carbonyl (C=O) groups excluding carboxylic acids is 2. The Hall–Kier alpha value is -2.42. The van der Waals surface area contributed by atoms with Crippen LogP contribution in [0.4, 0.5) is 21.4 Å². The van der Waals surface area contributed by atoms with E-state index in [0.717, 1.165) is 0 Å². The Morgan fingerprint density at radius 2 is 1.54 bits per heavy atom. The molecule has 0 atom stereocenters. The minimum absolute atomic E-state index is 0.0350. The standard InChI is InChI=1S/C15H24N4O5/c1-14(2,3)23-12(21)18-10-9(8-20)7-16-11(17-10)19-13(22)24-15(4,5)6/h7,20H,8H2,1-6H3,(H2,16,17,18,19,21,22). The smallest absolute Gasteiger partial charge is 0.414 e. The molecule has 0 fully saturated rings. The number of hydrogen-bond donors (Lipinski definition) is 3. The van der Waals surface area contributed by atoms with Crippen LogP contribution < -0.4 is 10.6 Å². The van der Waals surface area contributed by atoms with Gasteiger partial charge in [0, 0.05) is 11.8 Å². The largest absolute Gasteiger partial charge is 0.444 e. The number of carbonyl (C=O) groups is 2. The van der Waals surface area contributed by atoms with E-state index in [4.69, 9.17) is 9.47 Å². The van der Waals surface area contributed by atoms with Crippen molar-refractivity contribution < 1.29 is 24.2 Å². The van der Waals surface area contributed by atoms with Crippen LogP contribution in [0.3, 0.4) is 0 Å². The molecule has 1 aromatic heterocycles. The monoisotopic (exact) mass is 340 g/mol. The van der Waals surface area contributed by atoms with Gasteiger partial charge >= 0.3 is 12.2 Å². The molecule has 0 aliphatic heterocycles. The highest BCUT2D eigenvalue weighted by molar-refractivity contribution is 5.86. The van der Waals surface area contributed by atoms with E-state index in [2.05, 4.69) is 20.6 Å². The Morgan fingerprint density at radius 1 is 1.04 bits per heavy atom. The Morgan fingerprint density at radius 3 is 2.00 bits per heavy atom. The summed E-state index contributed by atoms with van der Waals surface area (Å²) >= 11 is 0. The third-order valence-electron chi connectivity index (χ3n) is 2.27. The predicted octanol–water partition coefficient (Wildman–Crippen LogP) is 2.66. The van der Waals surface area contributed by atoms with Crippen LogP contribution >= 0.6 is 0 Å². The zero-order valence-electron chi connectivity index (χ0n) is 14.8. The third-order valence-corrected chi connectivity index (χ3v) is 2.27. The summed E-state index contributed by atoms with van der Waals surface area (Å²) in [5.41, 5.74) is -1.09. The molecule has 0 spiro atoms. The SMILES string of the molecule is CC(C)(C)OC(=O)Nc1ncc(CO)c(NC(=O)OC(C)(C)C)n1. The maximum Gasteiger partial charge on any atom is 0.414 e. The van der Waals surface area contributed by atoms with E-state index in [1.54, 1.807) is 41.5 Å². The lowest BCUT2D eigenvalue weighted by atomic mass is 10.2. The van der Waals surface area contributed by atoms with Crippen molar-refractivity contribution in [3.8, 4) is 0 Å². The number of nitrogens with zero attached hydrogens (tertiary/aromatic N) is 2. The average molecular weight is 340 g/mol. The van der Waals surface area contributed by atoms with Crippen molar-refractivity contribution in [1.82, 2.24) is 9.97 Å². The van der Waals surface area contributed by atoms with Crippen molar-refractivity contribution in [1.29, 1.82) is 0 Å². The van der Waals surface area contributed by atoms with E-state index in [9.17, 15) is 14.7 Å². The molecule has 0 aliphatic carbocycles. The maximum atomic E-state index is 11.8. The number of amides is 2. The van der Waals surface area contributed by atoms with E-state index < -0.39 is 30.0 Å². The Kier molecular flexibility index (Phi) is 6.08. The van der Waals surface area contributed by atoms with Crippen LogP contribution in [0.1, 0.15) is 47.1 Å². The van der Waals surface area contributed by atoms with Gasteiger partial charge in [-0.25, -0.2) is 14.6 Å². The minimum atomic E-state index is -0.737. The predicted molar refractivity (Wildman–Crippen MR) is 87.7 cm³/mol. The fourth-order valence-electron chi connectivity index (χ4n) is 1.49. The number of hydrogen-bond acceptors (Lipinski definition) is 7. The second-order valence-corrected chi connectivity index (χ2v) is 6.98. The van der Waals surface area contributed by atoms with Crippen molar-refractivity contribution in [2.24, 2.45) is 0 Å². The Labute approximate surface area is 140 Å². The van der Waals surface area contributed by atoms with Gasteiger partial charge in [-0.3, -0.25) is 10.6 Å². The first-order valence-corrected chi connectivity index (χ1v) is 7.36. The molecule has 0 unspecified atom stereocenters. The van der Waals surface area contributed by atoms with Gasteiger partial charge in [0.1, 0.15) is 17.0 Å². The van der Waals surface area contributed by atoms with Gasteiger partial charge in [0.25, 0.3) is 0 Å². The van der Waals surface area contributed by atoms with Crippen LogP contribution in [0, 0.1) is 0 Å². The molecule has 1 rings (SSSR count). The second-order valence-electron chi connectivity index (χ2n) is 6.98. The summed E-state index contributed by atoms with van der Waals surface area (Å²) in [6, 6.07) is 0. The third kappa shape index (κ3) is 7.23. The van der Waals surface area contributed by atoms with E-state index in [-0.39, 0.29) is 17.3 Å². The first kappa shape index (κ1) is 19.6. The fourth-order valence-corrected chi connectivity index (χ4v) is 1.49. The van der Waals surface area contributed by atoms with Crippen molar-refractivity contribution in [2.45, 2.75) is 59.4 Å².